The fourth-order valence-corrected chi connectivity index (χ4v) is 1.65. The van der Waals surface area contributed by atoms with E-state index in [0.717, 1.165) is 11.6 Å². The molecular formula is C14H22F2IN3. The van der Waals surface area contributed by atoms with Crippen LogP contribution in [0, 0.1) is 11.6 Å². The van der Waals surface area contributed by atoms with Gasteiger partial charge in [0.05, 0.1) is 0 Å². The predicted octanol–water partition coefficient (Wildman–Crippen LogP) is 3.26. The Labute approximate surface area is 136 Å². The van der Waals surface area contributed by atoms with E-state index in [1.807, 2.05) is 20.8 Å². The van der Waals surface area contributed by atoms with Crippen LogP contribution in [0.15, 0.2) is 23.2 Å². The lowest BCUT2D eigenvalue weighted by Gasteiger charge is -2.18. The molecule has 0 heterocycles. The van der Waals surface area contributed by atoms with E-state index in [0.29, 0.717) is 12.5 Å². The maximum atomic E-state index is 13.1. The predicted molar refractivity (Wildman–Crippen MR) is 89.8 cm³/mol. The third-order valence-corrected chi connectivity index (χ3v) is 2.74. The van der Waals surface area contributed by atoms with Crippen LogP contribution in [0.4, 0.5) is 8.78 Å². The minimum Gasteiger partial charge on any atom is -0.356 e. The number of guanidine groups is 1. The lowest BCUT2D eigenvalue weighted by molar-refractivity contribution is 0.505. The molecule has 0 spiro atoms. The summed E-state index contributed by atoms with van der Waals surface area (Å²) in [5.74, 6) is -0.875. The minimum atomic E-state index is -0.818. The Balaban J connectivity index is 0.00000361. The maximum absolute atomic E-state index is 13.1. The number of aliphatic imine (C=N–C) groups is 1. The first-order valence-electron chi connectivity index (χ1n) is 6.36. The summed E-state index contributed by atoms with van der Waals surface area (Å²) in [5, 5.41) is 6.32. The van der Waals surface area contributed by atoms with Crippen molar-refractivity contribution < 1.29 is 8.78 Å². The summed E-state index contributed by atoms with van der Waals surface area (Å²) in [7, 11) is 1.69. The lowest BCUT2D eigenvalue weighted by atomic mass is 10.0. The topological polar surface area (TPSA) is 36.4 Å². The molecule has 1 atom stereocenters. The van der Waals surface area contributed by atoms with Crippen molar-refractivity contribution in [3.05, 3.63) is 35.4 Å². The molecule has 0 aliphatic heterocycles. The Hall–Kier alpha value is -0.920. The van der Waals surface area contributed by atoms with E-state index in [2.05, 4.69) is 15.6 Å². The summed E-state index contributed by atoms with van der Waals surface area (Å²) in [6, 6.07) is 4.27. The molecule has 1 unspecified atom stereocenters. The molecule has 0 saturated carbocycles. The second-order valence-electron chi connectivity index (χ2n) is 4.83. The van der Waals surface area contributed by atoms with Gasteiger partial charge in [0.1, 0.15) is 0 Å². The number of halogens is 3. The summed E-state index contributed by atoms with van der Waals surface area (Å²) >= 11 is 0. The smallest absolute Gasteiger partial charge is 0.191 e. The first-order chi connectivity index (χ1) is 8.93. The van der Waals surface area contributed by atoms with E-state index in [1.54, 1.807) is 13.1 Å². The quantitative estimate of drug-likeness (QED) is 0.465. The van der Waals surface area contributed by atoms with Gasteiger partial charge in [-0.05, 0) is 37.5 Å². The zero-order valence-corrected chi connectivity index (χ0v) is 14.5. The van der Waals surface area contributed by atoms with Crippen LogP contribution in [0.25, 0.3) is 0 Å². The van der Waals surface area contributed by atoms with Gasteiger partial charge in [-0.25, -0.2) is 8.78 Å². The third kappa shape index (κ3) is 6.02. The molecule has 1 aromatic carbocycles. The van der Waals surface area contributed by atoms with Crippen LogP contribution in [-0.4, -0.2) is 25.6 Å². The Bertz CT molecular complexity index is 450. The van der Waals surface area contributed by atoms with Gasteiger partial charge in [0, 0.05) is 19.6 Å². The van der Waals surface area contributed by atoms with Gasteiger partial charge in [0.25, 0.3) is 0 Å². The summed E-state index contributed by atoms with van der Waals surface area (Å²) in [6.07, 6.45) is 0. The molecule has 0 amide bonds. The molecule has 20 heavy (non-hydrogen) atoms. The van der Waals surface area contributed by atoms with Crippen LogP contribution in [0.5, 0.6) is 0 Å². The minimum absolute atomic E-state index is 0. The van der Waals surface area contributed by atoms with Crippen LogP contribution >= 0.6 is 24.0 Å². The number of nitrogens with one attached hydrogen (secondary N) is 2. The second-order valence-corrected chi connectivity index (χ2v) is 4.83. The molecule has 1 aromatic rings. The zero-order valence-electron chi connectivity index (χ0n) is 12.2. The highest BCUT2D eigenvalue weighted by Crippen LogP contribution is 2.17. The second kappa shape index (κ2) is 9.10. The molecular weight excluding hydrogens is 375 g/mol. The van der Waals surface area contributed by atoms with E-state index in [-0.39, 0.29) is 35.9 Å². The van der Waals surface area contributed by atoms with Gasteiger partial charge in [-0.15, -0.1) is 24.0 Å². The van der Waals surface area contributed by atoms with Crippen molar-refractivity contribution >= 4 is 29.9 Å². The largest absolute Gasteiger partial charge is 0.356 e. The highest BCUT2D eigenvalue weighted by atomic mass is 127. The number of hydrogen-bond acceptors (Lipinski definition) is 1. The summed E-state index contributed by atoms with van der Waals surface area (Å²) in [6.45, 7) is 6.58. The molecule has 1 rings (SSSR count). The SMILES string of the molecule is CN=C(NCC(C)c1ccc(F)c(F)c1)NC(C)C.I. The van der Waals surface area contributed by atoms with Crippen molar-refractivity contribution in [3.63, 3.8) is 0 Å². The molecule has 0 aromatic heterocycles. The molecule has 0 radical (unpaired) electrons. The molecule has 0 aliphatic carbocycles. The fourth-order valence-electron chi connectivity index (χ4n) is 1.65. The van der Waals surface area contributed by atoms with Gasteiger partial charge in [-0.2, -0.15) is 0 Å². The Morgan fingerprint density at radius 1 is 1.20 bits per heavy atom. The van der Waals surface area contributed by atoms with E-state index in [4.69, 9.17) is 0 Å². The molecule has 114 valence electrons. The molecule has 0 bridgehead atoms. The van der Waals surface area contributed by atoms with Crippen molar-refractivity contribution in [2.24, 2.45) is 4.99 Å². The molecule has 2 N–H and O–H groups in total. The average Bonchev–Trinajstić information content (AvgIpc) is 2.36. The van der Waals surface area contributed by atoms with Crippen LogP contribution in [0.2, 0.25) is 0 Å². The van der Waals surface area contributed by atoms with Crippen molar-refractivity contribution in [2.45, 2.75) is 32.7 Å². The average molecular weight is 397 g/mol. The molecule has 0 aliphatic rings. The molecule has 0 fully saturated rings. The summed E-state index contributed by atoms with van der Waals surface area (Å²) in [5.41, 5.74) is 0.756. The van der Waals surface area contributed by atoms with Gasteiger partial charge >= 0.3 is 0 Å². The summed E-state index contributed by atoms with van der Waals surface area (Å²) < 4.78 is 26.0. The monoisotopic (exact) mass is 397 g/mol. The third-order valence-electron chi connectivity index (χ3n) is 2.74. The zero-order chi connectivity index (χ0) is 14.4. The molecule has 3 nitrogen and oxygen atoms in total. The van der Waals surface area contributed by atoms with E-state index < -0.39 is 11.6 Å². The van der Waals surface area contributed by atoms with E-state index in [9.17, 15) is 8.78 Å². The van der Waals surface area contributed by atoms with Crippen molar-refractivity contribution in [1.29, 1.82) is 0 Å². The Kier molecular flexibility index (Phi) is 8.68. The van der Waals surface area contributed by atoms with E-state index in [1.165, 1.54) is 6.07 Å². The maximum Gasteiger partial charge on any atom is 0.191 e. The van der Waals surface area contributed by atoms with Crippen molar-refractivity contribution in [3.8, 4) is 0 Å². The molecule has 0 saturated heterocycles. The van der Waals surface area contributed by atoms with Gasteiger partial charge in [-0.1, -0.05) is 13.0 Å². The van der Waals surface area contributed by atoms with Crippen molar-refractivity contribution in [1.82, 2.24) is 10.6 Å². The van der Waals surface area contributed by atoms with Gasteiger partial charge < -0.3 is 10.6 Å². The number of rotatable bonds is 4. The highest BCUT2D eigenvalue weighted by molar-refractivity contribution is 14.0. The van der Waals surface area contributed by atoms with Crippen LogP contribution in [0.1, 0.15) is 32.3 Å². The first-order valence-corrected chi connectivity index (χ1v) is 6.36. The summed E-state index contributed by atoms with van der Waals surface area (Å²) in [4.78, 5) is 4.09. The standard InChI is InChI=1S/C14H21F2N3.HI/c1-9(2)19-14(17-4)18-8-10(3)11-5-6-12(15)13(16)7-11;/h5-7,9-10H,8H2,1-4H3,(H2,17,18,19);1H. The van der Waals surface area contributed by atoms with Gasteiger partial charge in [-0.3, -0.25) is 4.99 Å². The number of benzene rings is 1. The Morgan fingerprint density at radius 3 is 2.35 bits per heavy atom. The number of hydrogen-bond donors (Lipinski definition) is 2. The number of nitrogens with zero attached hydrogens (tertiary/aromatic N) is 1. The lowest BCUT2D eigenvalue weighted by Crippen LogP contribution is -2.42. The van der Waals surface area contributed by atoms with Gasteiger partial charge in [0.15, 0.2) is 17.6 Å². The van der Waals surface area contributed by atoms with Crippen LogP contribution in [0.3, 0.4) is 0 Å². The first kappa shape index (κ1) is 19.1. The van der Waals surface area contributed by atoms with Crippen LogP contribution < -0.4 is 10.6 Å². The molecule has 6 heteroatoms. The highest BCUT2D eigenvalue weighted by Gasteiger charge is 2.10. The van der Waals surface area contributed by atoms with Crippen LogP contribution in [-0.2, 0) is 0 Å². The Morgan fingerprint density at radius 2 is 1.85 bits per heavy atom. The van der Waals surface area contributed by atoms with Gasteiger partial charge in [0.2, 0.25) is 0 Å². The fraction of sp³-hybridized carbons (Fsp3) is 0.500. The van der Waals surface area contributed by atoms with E-state index >= 15 is 0 Å². The van der Waals surface area contributed by atoms with Crippen molar-refractivity contribution in [2.75, 3.05) is 13.6 Å². The normalized spacial score (nSPS) is 12.8.